The third-order valence-electron chi connectivity index (χ3n) is 3.80. The number of rotatable bonds is 6. The van der Waals surface area contributed by atoms with E-state index < -0.39 is 51.2 Å². The highest BCUT2D eigenvalue weighted by Crippen LogP contribution is 2.57. The van der Waals surface area contributed by atoms with Gasteiger partial charge in [0.1, 0.15) is 24.6 Å². The molecule has 0 aromatic carbocycles. The fraction of sp³-hybridized carbons (Fsp3) is 0.500. The van der Waals surface area contributed by atoms with Crippen LogP contribution < -0.4 is 11.3 Å². The number of aromatic nitrogens is 4. The molecule has 1 unspecified atom stereocenters. The minimum Gasteiger partial charge on any atom is -0.387 e. The van der Waals surface area contributed by atoms with Crippen LogP contribution >= 0.6 is 28.3 Å². The van der Waals surface area contributed by atoms with Gasteiger partial charge in [-0.1, -0.05) is 0 Å². The second-order valence-corrected chi connectivity index (χ2v) is 9.30. The Morgan fingerprint density at radius 1 is 1.38 bits per heavy atom. The molecule has 5 atom stereocenters. The van der Waals surface area contributed by atoms with E-state index in [2.05, 4.69) is 36.4 Å². The number of thiol groups is 1. The molecule has 0 saturated carbocycles. The summed E-state index contributed by atoms with van der Waals surface area (Å²) in [5, 5.41) is 18.5. The van der Waals surface area contributed by atoms with E-state index >= 15 is 0 Å². The molecule has 8 N–H and O–H groups in total. The number of aliphatic hydroxyl groups is 2. The number of anilines is 1. The molecular formula is C10H15N5O11P2S. The second-order valence-electron chi connectivity index (χ2n) is 5.82. The number of nitrogen functional groups attached to an aromatic ring is 1. The lowest BCUT2D eigenvalue weighted by molar-refractivity contribution is -0.0752. The number of phosphoric acid groups is 2. The maximum absolute atomic E-state index is 11.9. The highest BCUT2D eigenvalue weighted by Gasteiger charge is 2.55. The van der Waals surface area contributed by atoms with Crippen LogP contribution in [0.3, 0.4) is 0 Å². The summed E-state index contributed by atoms with van der Waals surface area (Å²) in [5.41, 5.74) is 4.48. The summed E-state index contributed by atoms with van der Waals surface area (Å²) < 4.78 is 36.6. The number of nitrogens with two attached hydrogens (primary N) is 1. The van der Waals surface area contributed by atoms with Crippen LogP contribution in [0.25, 0.3) is 11.2 Å². The summed E-state index contributed by atoms with van der Waals surface area (Å²) in [6, 6.07) is 0. The molecule has 0 aliphatic carbocycles. The minimum atomic E-state index is -5.35. The number of H-pyrrole nitrogens is 1. The van der Waals surface area contributed by atoms with Crippen molar-refractivity contribution < 1.29 is 47.6 Å². The molecular weight excluding hydrogens is 460 g/mol. The van der Waals surface area contributed by atoms with Gasteiger partial charge in [-0.3, -0.25) is 18.9 Å². The smallest absolute Gasteiger partial charge is 0.387 e. The first-order valence-corrected chi connectivity index (χ1v) is 10.9. The van der Waals surface area contributed by atoms with Crippen LogP contribution in [0, 0.1) is 0 Å². The summed E-state index contributed by atoms with van der Waals surface area (Å²) in [5.74, 6) is -0.273. The summed E-state index contributed by atoms with van der Waals surface area (Å²) in [6.07, 6.45) is -4.02. The van der Waals surface area contributed by atoms with Crippen molar-refractivity contribution >= 4 is 45.4 Å². The molecule has 162 valence electrons. The van der Waals surface area contributed by atoms with E-state index in [4.69, 9.17) is 20.3 Å². The molecule has 29 heavy (non-hydrogen) atoms. The van der Waals surface area contributed by atoms with Gasteiger partial charge in [0.15, 0.2) is 11.2 Å². The van der Waals surface area contributed by atoms with Crippen molar-refractivity contribution in [1.82, 2.24) is 19.5 Å². The molecule has 2 aromatic heterocycles. The van der Waals surface area contributed by atoms with Gasteiger partial charge in [-0.2, -0.15) is 9.29 Å². The minimum absolute atomic E-state index is 0.147. The first-order chi connectivity index (χ1) is 13.2. The van der Waals surface area contributed by atoms with Crippen molar-refractivity contribution in [2.45, 2.75) is 23.4 Å². The molecule has 16 nitrogen and oxygen atoms in total. The molecule has 19 heteroatoms. The van der Waals surface area contributed by atoms with E-state index in [1.54, 1.807) is 0 Å². The predicted octanol–water partition coefficient (Wildman–Crippen LogP) is -2.41. The number of ether oxygens (including phenoxy) is 1. The lowest BCUT2D eigenvalue weighted by atomic mass is 10.1. The Balaban J connectivity index is 1.87. The van der Waals surface area contributed by atoms with Gasteiger partial charge in [0, 0.05) is 0 Å². The number of aliphatic hydroxyl groups excluding tert-OH is 2. The highest BCUT2D eigenvalue weighted by molar-refractivity contribution is 7.81. The molecule has 3 rings (SSSR count). The zero-order chi connectivity index (χ0) is 21.8. The van der Waals surface area contributed by atoms with Gasteiger partial charge >= 0.3 is 15.6 Å². The molecule has 1 aliphatic heterocycles. The van der Waals surface area contributed by atoms with E-state index in [1.807, 2.05) is 0 Å². The maximum Gasteiger partial charge on any atom is 0.481 e. The second kappa shape index (κ2) is 7.40. The van der Waals surface area contributed by atoms with E-state index in [9.17, 15) is 29.0 Å². The Morgan fingerprint density at radius 3 is 2.66 bits per heavy atom. The average Bonchev–Trinajstić information content (AvgIpc) is 3.07. The van der Waals surface area contributed by atoms with Crippen molar-refractivity contribution in [2.75, 3.05) is 12.3 Å². The van der Waals surface area contributed by atoms with Crippen molar-refractivity contribution in [3.8, 4) is 0 Å². The van der Waals surface area contributed by atoms with Crippen LogP contribution in [0.4, 0.5) is 5.95 Å². The topological polar surface area (TPSA) is 253 Å². The third kappa shape index (κ3) is 4.40. The highest BCUT2D eigenvalue weighted by atomic mass is 32.1. The monoisotopic (exact) mass is 475 g/mol. The first-order valence-electron chi connectivity index (χ1n) is 7.47. The van der Waals surface area contributed by atoms with Gasteiger partial charge in [0.2, 0.25) is 11.0 Å². The molecule has 2 aromatic rings. The normalized spacial score (nSPS) is 29.9. The van der Waals surface area contributed by atoms with Crippen LogP contribution in [0.1, 0.15) is 0 Å². The Bertz CT molecular complexity index is 1090. The van der Waals surface area contributed by atoms with Crippen molar-refractivity contribution in [3.05, 3.63) is 16.7 Å². The lowest BCUT2D eigenvalue weighted by Crippen LogP contribution is -2.41. The van der Waals surface area contributed by atoms with E-state index in [-0.39, 0.29) is 17.1 Å². The molecule has 0 amide bonds. The van der Waals surface area contributed by atoms with Gasteiger partial charge in [-0.25, -0.2) is 14.1 Å². The quantitative estimate of drug-likeness (QED) is 0.160. The third-order valence-corrected chi connectivity index (χ3v) is 6.53. The first kappa shape index (κ1) is 22.3. The van der Waals surface area contributed by atoms with Crippen LogP contribution in [0.15, 0.2) is 11.1 Å². The Labute approximate surface area is 165 Å². The number of phosphoric ester groups is 1. The number of nitrogens with one attached hydrogen (secondary N) is 1. The number of nitrogens with zero attached hydrogens (tertiary/aromatic N) is 3. The molecule has 0 radical (unpaired) electrons. The van der Waals surface area contributed by atoms with Gasteiger partial charge in [0.05, 0.1) is 6.61 Å². The average molecular weight is 475 g/mol. The Kier molecular flexibility index (Phi) is 5.70. The lowest BCUT2D eigenvalue weighted by Gasteiger charge is -2.28. The molecule has 1 aliphatic rings. The summed E-state index contributed by atoms with van der Waals surface area (Å²) in [7, 11) is -10.6. The number of hydrogen-bond acceptors (Lipinski definition) is 12. The standard InChI is InChI=1S/C10H15N5O11P2S/c11-9-13-7-4(8(18)14-9)12-2-15(7)10(29)6(17)5(16)3(25-10)1-24-28(22,23)26-27(19,20)21/h2-3,5-6,16-17,29H,1H2,(H,22,23)(H2,19,20,21)(H3,11,13,14,18)/t3-,5-,6-,10+/m1/s1. The van der Waals surface area contributed by atoms with E-state index in [0.717, 1.165) is 10.9 Å². The van der Waals surface area contributed by atoms with E-state index in [0.29, 0.717) is 0 Å². The molecule has 1 saturated heterocycles. The van der Waals surface area contributed by atoms with Gasteiger partial charge in [0.25, 0.3) is 5.56 Å². The van der Waals surface area contributed by atoms with Gasteiger partial charge in [-0.15, -0.1) is 12.6 Å². The fourth-order valence-corrected chi connectivity index (χ4v) is 4.64. The van der Waals surface area contributed by atoms with E-state index in [1.165, 1.54) is 0 Å². The number of fused-ring (bicyclic) bond motifs is 1. The molecule has 0 spiro atoms. The van der Waals surface area contributed by atoms with Crippen LogP contribution in [-0.4, -0.2) is 69.3 Å². The molecule has 0 bridgehead atoms. The van der Waals surface area contributed by atoms with Crippen molar-refractivity contribution in [2.24, 2.45) is 0 Å². The summed E-state index contributed by atoms with van der Waals surface area (Å²) >= 11 is 4.18. The number of aromatic amines is 1. The largest absolute Gasteiger partial charge is 0.481 e. The fourth-order valence-electron chi connectivity index (χ4n) is 2.61. The summed E-state index contributed by atoms with van der Waals surface area (Å²) in [4.78, 5) is 48.3. The SMILES string of the molecule is Nc1nc2c(ncn2[C@]2(S)O[C@H](COP(=O)(O)OP(=O)(O)O)[C@@H](O)[C@H]2O)c(=O)[nH]1. The number of imidazole rings is 1. The Hall–Kier alpha value is -1.36. The Morgan fingerprint density at radius 2 is 2.03 bits per heavy atom. The zero-order valence-corrected chi connectivity index (χ0v) is 16.6. The van der Waals surface area contributed by atoms with Crippen molar-refractivity contribution in [1.29, 1.82) is 0 Å². The molecule has 1 fully saturated rings. The molecule has 3 heterocycles. The van der Waals surface area contributed by atoms with Gasteiger partial charge in [-0.05, 0) is 0 Å². The van der Waals surface area contributed by atoms with Crippen LogP contribution in [0.5, 0.6) is 0 Å². The van der Waals surface area contributed by atoms with Crippen molar-refractivity contribution in [3.63, 3.8) is 0 Å². The summed E-state index contributed by atoms with van der Waals surface area (Å²) in [6.45, 7) is -0.933. The van der Waals surface area contributed by atoms with Crippen LogP contribution in [-0.2, 0) is 27.8 Å². The zero-order valence-electron chi connectivity index (χ0n) is 14.0. The van der Waals surface area contributed by atoms with Crippen LogP contribution in [0.2, 0.25) is 0 Å². The van der Waals surface area contributed by atoms with Gasteiger partial charge < -0.3 is 35.4 Å². The maximum atomic E-state index is 11.9. The number of hydrogen-bond donors (Lipinski definition) is 8. The predicted molar refractivity (Wildman–Crippen MR) is 95.3 cm³/mol.